The predicted octanol–water partition coefficient (Wildman–Crippen LogP) is 5.08. The van der Waals surface area contributed by atoms with E-state index >= 15 is 0 Å². The summed E-state index contributed by atoms with van der Waals surface area (Å²) in [7, 11) is -1.86. The van der Waals surface area contributed by atoms with Gasteiger partial charge in [-0.2, -0.15) is 0 Å². The molecule has 0 N–H and O–H groups in total. The highest BCUT2D eigenvalue weighted by atomic mass is 31.2. The van der Waals surface area contributed by atoms with E-state index in [1.165, 1.54) is 17.6 Å². The van der Waals surface area contributed by atoms with E-state index in [1.807, 2.05) is 13.3 Å². The molecule has 0 radical (unpaired) electrons. The van der Waals surface area contributed by atoms with Gasteiger partial charge in [0, 0.05) is 6.16 Å². The van der Waals surface area contributed by atoms with Crippen LogP contribution in [0.5, 0.6) is 0 Å². The minimum Gasteiger partial charge on any atom is -0.324 e. The lowest BCUT2D eigenvalue weighted by Crippen LogP contribution is -1.91. The Morgan fingerprint density at radius 1 is 1.00 bits per heavy atom. The first-order chi connectivity index (χ1) is 7.35. The summed E-state index contributed by atoms with van der Waals surface area (Å²) >= 11 is 0. The molecule has 0 bridgehead atoms. The summed E-state index contributed by atoms with van der Waals surface area (Å²) < 4.78 is 11.5. The molecule has 0 atom stereocenters. The Morgan fingerprint density at radius 2 is 1.50 bits per heavy atom. The monoisotopic (exact) mass is 242 g/mol. The summed E-state index contributed by atoms with van der Waals surface area (Å²) in [6, 6.07) is 0. The molecule has 0 heterocycles. The SMILES string of the molecule is C=C(CCC)CCCC(=C)CCP(C)(C)=O. The fourth-order valence-electron chi connectivity index (χ4n) is 1.62. The van der Waals surface area contributed by atoms with Gasteiger partial charge in [-0.15, -0.1) is 0 Å². The summed E-state index contributed by atoms with van der Waals surface area (Å²) in [6.45, 7) is 14.0. The highest BCUT2D eigenvalue weighted by Gasteiger charge is 2.07. The molecule has 0 aromatic heterocycles. The molecule has 0 saturated heterocycles. The third-order valence-electron chi connectivity index (χ3n) is 2.67. The van der Waals surface area contributed by atoms with Crippen molar-refractivity contribution in [2.75, 3.05) is 19.5 Å². The van der Waals surface area contributed by atoms with Crippen LogP contribution in [0.3, 0.4) is 0 Å². The summed E-state index contributed by atoms with van der Waals surface area (Å²) in [5.41, 5.74) is 2.60. The second-order valence-corrected chi connectivity index (χ2v) is 8.75. The Hall–Kier alpha value is -0.290. The average molecular weight is 242 g/mol. The van der Waals surface area contributed by atoms with Gasteiger partial charge < -0.3 is 4.57 Å². The van der Waals surface area contributed by atoms with Gasteiger partial charge in [0.25, 0.3) is 0 Å². The van der Waals surface area contributed by atoms with Gasteiger partial charge in [-0.05, 0) is 45.4 Å². The molecule has 0 fully saturated rings. The van der Waals surface area contributed by atoms with Crippen LogP contribution in [0.1, 0.15) is 45.4 Å². The Bertz CT molecular complexity index is 272. The van der Waals surface area contributed by atoms with Crippen LogP contribution in [-0.2, 0) is 4.57 Å². The first-order valence-electron chi connectivity index (χ1n) is 6.22. The third-order valence-corrected chi connectivity index (χ3v) is 3.97. The van der Waals surface area contributed by atoms with E-state index in [-0.39, 0.29) is 0 Å². The molecule has 0 rings (SSSR count). The van der Waals surface area contributed by atoms with Crippen LogP contribution in [0, 0.1) is 0 Å². The van der Waals surface area contributed by atoms with Crippen LogP contribution in [0.2, 0.25) is 0 Å². The lowest BCUT2D eigenvalue weighted by Gasteiger charge is -2.09. The minimum atomic E-state index is -1.86. The molecule has 0 aromatic carbocycles. The Balaban J connectivity index is 3.59. The summed E-state index contributed by atoms with van der Waals surface area (Å²) in [5, 5.41) is 0. The van der Waals surface area contributed by atoms with Gasteiger partial charge in [-0.25, -0.2) is 0 Å². The molecular weight excluding hydrogens is 215 g/mol. The molecule has 2 heteroatoms. The molecule has 0 aliphatic rings. The molecule has 0 amide bonds. The first-order valence-corrected chi connectivity index (χ1v) is 9.01. The van der Waals surface area contributed by atoms with Gasteiger partial charge in [-0.3, -0.25) is 0 Å². The summed E-state index contributed by atoms with van der Waals surface area (Å²) in [4.78, 5) is 0. The smallest absolute Gasteiger partial charge is 0.0822 e. The second kappa shape index (κ2) is 7.90. The van der Waals surface area contributed by atoms with Crippen LogP contribution < -0.4 is 0 Å². The molecule has 0 spiro atoms. The van der Waals surface area contributed by atoms with E-state index in [1.54, 1.807) is 0 Å². The van der Waals surface area contributed by atoms with Crippen LogP contribution in [0.15, 0.2) is 24.3 Å². The second-order valence-electron chi connectivity index (χ2n) is 5.15. The van der Waals surface area contributed by atoms with E-state index in [4.69, 9.17) is 0 Å². The van der Waals surface area contributed by atoms with Crippen molar-refractivity contribution in [2.45, 2.75) is 45.4 Å². The molecule has 0 aromatic rings. The van der Waals surface area contributed by atoms with Crippen molar-refractivity contribution in [3.05, 3.63) is 24.3 Å². The molecule has 94 valence electrons. The number of rotatable bonds is 9. The van der Waals surface area contributed by atoms with Crippen LogP contribution in [-0.4, -0.2) is 19.5 Å². The van der Waals surface area contributed by atoms with E-state index in [0.717, 1.165) is 38.3 Å². The highest BCUT2D eigenvalue weighted by molar-refractivity contribution is 7.62. The molecule has 0 aliphatic heterocycles. The third kappa shape index (κ3) is 10.2. The topological polar surface area (TPSA) is 17.1 Å². The van der Waals surface area contributed by atoms with Crippen LogP contribution >= 0.6 is 7.14 Å². The van der Waals surface area contributed by atoms with Gasteiger partial charge in [-0.1, -0.05) is 37.6 Å². The number of allylic oxidation sites excluding steroid dienone is 2. The van der Waals surface area contributed by atoms with E-state index in [2.05, 4.69) is 20.1 Å². The van der Waals surface area contributed by atoms with Crippen molar-refractivity contribution in [3.63, 3.8) is 0 Å². The maximum atomic E-state index is 11.5. The van der Waals surface area contributed by atoms with E-state index in [0.29, 0.717) is 0 Å². The highest BCUT2D eigenvalue weighted by Crippen LogP contribution is 2.37. The largest absolute Gasteiger partial charge is 0.324 e. The zero-order chi connectivity index (χ0) is 12.6. The molecule has 0 unspecified atom stereocenters. The van der Waals surface area contributed by atoms with Crippen LogP contribution in [0.4, 0.5) is 0 Å². The van der Waals surface area contributed by atoms with Gasteiger partial charge in [0.15, 0.2) is 0 Å². The van der Waals surface area contributed by atoms with Crippen molar-refractivity contribution < 1.29 is 4.57 Å². The first kappa shape index (κ1) is 15.7. The maximum absolute atomic E-state index is 11.5. The normalized spacial score (nSPS) is 11.4. The van der Waals surface area contributed by atoms with Crippen molar-refractivity contribution >= 4 is 7.14 Å². The van der Waals surface area contributed by atoms with Crippen molar-refractivity contribution in [2.24, 2.45) is 0 Å². The lowest BCUT2D eigenvalue weighted by molar-refractivity contribution is 0.581. The van der Waals surface area contributed by atoms with Gasteiger partial charge in [0.05, 0.1) is 7.14 Å². The predicted molar refractivity (Wildman–Crippen MR) is 76.0 cm³/mol. The lowest BCUT2D eigenvalue weighted by atomic mass is 10.0. The fourth-order valence-corrected chi connectivity index (χ4v) is 2.47. The zero-order valence-electron chi connectivity index (χ0n) is 11.2. The average Bonchev–Trinajstić information content (AvgIpc) is 2.14. The van der Waals surface area contributed by atoms with E-state index < -0.39 is 7.14 Å². The summed E-state index contributed by atoms with van der Waals surface area (Å²) in [5.74, 6) is 0. The Morgan fingerprint density at radius 3 is 1.94 bits per heavy atom. The molecule has 16 heavy (non-hydrogen) atoms. The van der Waals surface area contributed by atoms with Crippen molar-refractivity contribution in [3.8, 4) is 0 Å². The minimum absolute atomic E-state index is 0.807. The maximum Gasteiger partial charge on any atom is 0.0822 e. The molecule has 1 nitrogen and oxygen atoms in total. The zero-order valence-corrected chi connectivity index (χ0v) is 12.1. The van der Waals surface area contributed by atoms with Gasteiger partial charge in [0.1, 0.15) is 0 Å². The fraction of sp³-hybridized carbons (Fsp3) is 0.714. The summed E-state index contributed by atoms with van der Waals surface area (Å²) in [6.07, 6.45) is 7.38. The van der Waals surface area contributed by atoms with Crippen LogP contribution in [0.25, 0.3) is 0 Å². The number of hydrogen-bond donors (Lipinski definition) is 0. The van der Waals surface area contributed by atoms with E-state index in [9.17, 15) is 4.57 Å². The standard InChI is InChI=1S/C14H27OP/c1-6-8-13(2)9-7-10-14(3)11-12-16(4,5)15/h2-3,6-12H2,1,4-5H3. The number of hydrogen-bond acceptors (Lipinski definition) is 1. The molecule has 0 saturated carbocycles. The Labute approximate surface area is 101 Å². The van der Waals surface area contributed by atoms with Crippen molar-refractivity contribution in [1.29, 1.82) is 0 Å². The van der Waals surface area contributed by atoms with Gasteiger partial charge in [0.2, 0.25) is 0 Å². The quantitative estimate of drug-likeness (QED) is 0.407. The molecule has 0 aliphatic carbocycles. The van der Waals surface area contributed by atoms with Crippen molar-refractivity contribution in [1.82, 2.24) is 0 Å². The Kier molecular flexibility index (Phi) is 7.76. The van der Waals surface area contributed by atoms with Gasteiger partial charge >= 0.3 is 0 Å². The molecular formula is C14H27OP.